The summed E-state index contributed by atoms with van der Waals surface area (Å²) in [6.45, 7) is 4.40. The minimum Gasteiger partial charge on any atom is -0.384 e. The molecule has 0 saturated carbocycles. The molecule has 1 N–H and O–H groups in total. The maximum atomic E-state index is 11.7. The molecule has 0 bridgehead atoms. The molecule has 1 aromatic heterocycles. The number of pyridine rings is 1. The van der Waals surface area contributed by atoms with E-state index in [4.69, 9.17) is 16.3 Å². The number of carbonyl (C=O) groups excluding carboxylic acids is 1. The molecule has 1 atom stereocenters. The first-order chi connectivity index (χ1) is 8.04. The third-order valence-electron chi connectivity index (χ3n) is 2.36. The smallest absolute Gasteiger partial charge is 0.224 e. The summed E-state index contributed by atoms with van der Waals surface area (Å²) in [5.41, 5.74) is 1.49. The normalized spacial score (nSPS) is 12.2. The second-order valence-electron chi connectivity index (χ2n) is 4.11. The van der Waals surface area contributed by atoms with E-state index in [0.717, 1.165) is 5.56 Å². The van der Waals surface area contributed by atoms with Gasteiger partial charge in [0.15, 0.2) is 5.15 Å². The van der Waals surface area contributed by atoms with Crippen molar-refractivity contribution in [2.45, 2.75) is 20.3 Å². The second kappa shape index (κ2) is 6.57. The highest BCUT2D eigenvalue weighted by Crippen LogP contribution is 2.23. The molecule has 1 heterocycles. The number of halogens is 1. The average Bonchev–Trinajstić information content (AvgIpc) is 2.24. The zero-order chi connectivity index (χ0) is 12.8. The van der Waals surface area contributed by atoms with Gasteiger partial charge in [0, 0.05) is 26.3 Å². The van der Waals surface area contributed by atoms with Gasteiger partial charge in [0.25, 0.3) is 0 Å². The number of methoxy groups -OCH3 is 1. The van der Waals surface area contributed by atoms with E-state index in [1.165, 1.54) is 0 Å². The van der Waals surface area contributed by atoms with Crippen LogP contribution in [0.3, 0.4) is 0 Å². The van der Waals surface area contributed by atoms with Crippen molar-refractivity contribution >= 4 is 23.2 Å². The molecule has 0 saturated heterocycles. The molecular weight excluding hydrogens is 240 g/mol. The largest absolute Gasteiger partial charge is 0.384 e. The maximum absolute atomic E-state index is 11.7. The van der Waals surface area contributed by atoms with Crippen molar-refractivity contribution in [3.8, 4) is 0 Å². The Labute approximate surface area is 106 Å². The zero-order valence-corrected chi connectivity index (χ0v) is 11.0. The first kappa shape index (κ1) is 13.9. The van der Waals surface area contributed by atoms with Gasteiger partial charge in [-0.15, -0.1) is 0 Å². The Hall–Kier alpha value is -1.13. The van der Waals surface area contributed by atoms with Crippen LogP contribution in [0.15, 0.2) is 12.3 Å². The summed E-state index contributed by atoms with van der Waals surface area (Å²) in [5.74, 6) is 0.100. The standard InChI is InChI=1S/C12H17ClN2O2/c1-8(7-17-3)6-10(16)15-11-9(2)4-5-14-12(11)13/h4-5,8H,6-7H2,1-3H3,(H,15,16). The van der Waals surface area contributed by atoms with Crippen LogP contribution in [-0.2, 0) is 9.53 Å². The topological polar surface area (TPSA) is 51.2 Å². The number of carbonyl (C=O) groups is 1. The number of ether oxygens (including phenoxy) is 1. The molecule has 1 amide bonds. The first-order valence-electron chi connectivity index (χ1n) is 5.44. The van der Waals surface area contributed by atoms with Gasteiger partial charge in [0.1, 0.15) is 0 Å². The van der Waals surface area contributed by atoms with Crippen LogP contribution in [0.1, 0.15) is 18.9 Å². The van der Waals surface area contributed by atoms with Crippen LogP contribution in [0, 0.1) is 12.8 Å². The maximum Gasteiger partial charge on any atom is 0.224 e. The predicted molar refractivity (Wildman–Crippen MR) is 68.3 cm³/mol. The van der Waals surface area contributed by atoms with Crippen LogP contribution in [0.4, 0.5) is 5.69 Å². The highest BCUT2D eigenvalue weighted by molar-refractivity contribution is 6.32. The molecule has 0 radical (unpaired) electrons. The van der Waals surface area contributed by atoms with Crippen LogP contribution >= 0.6 is 11.6 Å². The number of hydrogen-bond donors (Lipinski definition) is 1. The Bertz CT molecular complexity index is 376. The Morgan fingerprint density at radius 2 is 2.35 bits per heavy atom. The Morgan fingerprint density at radius 3 is 2.94 bits per heavy atom. The summed E-state index contributed by atoms with van der Waals surface area (Å²) >= 11 is 5.92. The summed E-state index contributed by atoms with van der Waals surface area (Å²) in [7, 11) is 1.62. The van der Waals surface area contributed by atoms with E-state index >= 15 is 0 Å². The van der Waals surface area contributed by atoms with Crippen molar-refractivity contribution in [2.24, 2.45) is 5.92 Å². The fourth-order valence-corrected chi connectivity index (χ4v) is 1.78. The lowest BCUT2D eigenvalue weighted by Crippen LogP contribution is -2.18. The number of anilines is 1. The Balaban J connectivity index is 2.62. The van der Waals surface area contributed by atoms with Crippen molar-refractivity contribution in [1.82, 2.24) is 4.98 Å². The monoisotopic (exact) mass is 256 g/mol. The van der Waals surface area contributed by atoms with E-state index in [1.54, 1.807) is 19.4 Å². The predicted octanol–water partition coefficient (Wildman–Crippen LogP) is 2.65. The summed E-state index contributed by atoms with van der Waals surface area (Å²) in [6, 6.07) is 1.81. The third-order valence-corrected chi connectivity index (χ3v) is 2.65. The lowest BCUT2D eigenvalue weighted by molar-refractivity contribution is -0.117. The number of rotatable bonds is 5. The van der Waals surface area contributed by atoms with Crippen molar-refractivity contribution < 1.29 is 9.53 Å². The van der Waals surface area contributed by atoms with E-state index in [1.807, 2.05) is 13.8 Å². The minimum absolute atomic E-state index is 0.0763. The molecule has 94 valence electrons. The molecule has 4 nitrogen and oxygen atoms in total. The molecule has 17 heavy (non-hydrogen) atoms. The molecule has 5 heteroatoms. The molecular formula is C12H17ClN2O2. The zero-order valence-electron chi connectivity index (χ0n) is 10.3. The SMILES string of the molecule is COCC(C)CC(=O)Nc1c(C)ccnc1Cl. The minimum atomic E-state index is -0.0763. The first-order valence-corrected chi connectivity index (χ1v) is 5.82. The van der Waals surface area contributed by atoms with Gasteiger partial charge >= 0.3 is 0 Å². The number of hydrogen-bond acceptors (Lipinski definition) is 3. The molecule has 0 spiro atoms. The number of aryl methyl sites for hydroxylation is 1. The Morgan fingerprint density at radius 1 is 1.65 bits per heavy atom. The summed E-state index contributed by atoms with van der Waals surface area (Å²) in [4.78, 5) is 15.7. The van der Waals surface area contributed by atoms with E-state index in [2.05, 4.69) is 10.3 Å². The van der Waals surface area contributed by atoms with Gasteiger partial charge in [-0.25, -0.2) is 4.98 Å². The van der Waals surface area contributed by atoms with Crippen LogP contribution in [0.5, 0.6) is 0 Å². The molecule has 1 unspecified atom stereocenters. The van der Waals surface area contributed by atoms with Gasteiger partial charge in [-0.2, -0.15) is 0 Å². The van der Waals surface area contributed by atoms with Crippen molar-refractivity contribution in [2.75, 3.05) is 19.0 Å². The Kier molecular flexibility index (Phi) is 5.38. The highest BCUT2D eigenvalue weighted by atomic mass is 35.5. The van der Waals surface area contributed by atoms with Crippen LogP contribution in [0.2, 0.25) is 5.15 Å². The summed E-state index contributed by atoms with van der Waals surface area (Å²) < 4.78 is 4.98. The quantitative estimate of drug-likeness (QED) is 0.824. The fourth-order valence-electron chi connectivity index (χ4n) is 1.53. The average molecular weight is 257 g/mol. The van der Waals surface area contributed by atoms with Crippen molar-refractivity contribution in [3.63, 3.8) is 0 Å². The van der Waals surface area contributed by atoms with Gasteiger partial charge in [-0.05, 0) is 24.5 Å². The highest BCUT2D eigenvalue weighted by Gasteiger charge is 2.12. The summed E-state index contributed by atoms with van der Waals surface area (Å²) in [6.07, 6.45) is 2.01. The van der Waals surface area contributed by atoms with Gasteiger partial charge in [0.05, 0.1) is 5.69 Å². The summed E-state index contributed by atoms with van der Waals surface area (Å²) in [5, 5.41) is 3.10. The van der Waals surface area contributed by atoms with Crippen LogP contribution in [-0.4, -0.2) is 24.6 Å². The molecule has 0 aliphatic heterocycles. The lowest BCUT2D eigenvalue weighted by Gasteiger charge is -2.12. The molecule has 0 fully saturated rings. The molecule has 1 aromatic rings. The van der Waals surface area contributed by atoms with E-state index in [0.29, 0.717) is 23.9 Å². The van der Waals surface area contributed by atoms with E-state index in [9.17, 15) is 4.79 Å². The molecule has 0 aliphatic rings. The second-order valence-corrected chi connectivity index (χ2v) is 4.46. The van der Waals surface area contributed by atoms with Gasteiger partial charge in [-0.3, -0.25) is 4.79 Å². The molecule has 0 aliphatic carbocycles. The number of amides is 1. The van der Waals surface area contributed by atoms with Gasteiger partial charge < -0.3 is 10.1 Å². The molecule has 0 aromatic carbocycles. The van der Waals surface area contributed by atoms with Crippen molar-refractivity contribution in [3.05, 3.63) is 23.0 Å². The van der Waals surface area contributed by atoms with E-state index < -0.39 is 0 Å². The molecule has 1 rings (SSSR count). The van der Waals surface area contributed by atoms with Gasteiger partial charge in [-0.1, -0.05) is 18.5 Å². The number of nitrogens with zero attached hydrogens (tertiary/aromatic N) is 1. The van der Waals surface area contributed by atoms with Crippen molar-refractivity contribution in [1.29, 1.82) is 0 Å². The fraction of sp³-hybridized carbons (Fsp3) is 0.500. The lowest BCUT2D eigenvalue weighted by atomic mass is 10.1. The third kappa shape index (κ3) is 4.32. The van der Waals surface area contributed by atoms with E-state index in [-0.39, 0.29) is 11.8 Å². The number of aromatic nitrogens is 1. The van der Waals surface area contributed by atoms with Crippen LogP contribution in [0.25, 0.3) is 0 Å². The van der Waals surface area contributed by atoms with Crippen LogP contribution < -0.4 is 5.32 Å². The number of nitrogens with one attached hydrogen (secondary N) is 1. The van der Waals surface area contributed by atoms with Gasteiger partial charge in [0.2, 0.25) is 5.91 Å².